The second-order valence-corrected chi connectivity index (χ2v) is 7.46. The normalized spacial score (nSPS) is 17.4. The molecule has 0 fully saturated rings. The number of aliphatic hydroxyl groups is 2. The average Bonchev–Trinajstić information content (AvgIpc) is 2.65. The van der Waals surface area contributed by atoms with E-state index >= 15 is 0 Å². The van der Waals surface area contributed by atoms with Crippen LogP contribution >= 0.6 is 0 Å². The van der Waals surface area contributed by atoms with E-state index in [-0.39, 0.29) is 5.92 Å². The fourth-order valence-electron chi connectivity index (χ4n) is 2.45. The van der Waals surface area contributed by atoms with E-state index in [2.05, 4.69) is 16.0 Å². The van der Waals surface area contributed by atoms with Crippen molar-refractivity contribution in [2.24, 2.45) is 17.6 Å². The molecule has 0 saturated carbocycles. The number of carbonyl (C=O) groups excluding carboxylic acids is 3. The third-order valence-electron chi connectivity index (χ3n) is 4.62. The number of aliphatic hydroxyl groups excluding tert-OH is 2. The molecule has 3 amide bonds. The smallest absolute Gasteiger partial charge is 0.326 e. The van der Waals surface area contributed by atoms with Crippen LogP contribution in [0.1, 0.15) is 41.0 Å². The zero-order chi connectivity index (χ0) is 22.9. The van der Waals surface area contributed by atoms with Gasteiger partial charge in [-0.05, 0) is 18.8 Å². The molecular formula is C18H34N4O7. The Morgan fingerprint density at radius 3 is 1.69 bits per heavy atom. The lowest BCUT2D eigenvalue weighted by molar-refractivity contribution is -0.144. The molecule has 168 valence electrons. The number of aliphatic carboxylic acids is 1. The molecule has 29 heavy (non-hydrogen) atoms. The van der Waals surface area contributed by atoms with Gasteiger partial charge in [0.2, 0.25) is 17.7 Å². The quantitative estimate of drug-likeness (QED) is 0.188. The van der Waals surface area contributed by atoms with Crippen molar-refractivity contribution in [1.82, 2.24) is 16.0 Å². The van der Waals surface area contributed by atoms with Crippen LogP contribution in [0.3, 0.4) is 0 Å². The minimum Gasteiger partial charge on any atom is -0.480 e. The first kappa shape index (κ1) is 26.8. The zero-order valence-electron chi connectivity index (χ0n) is 17.5. The first-order valence-electron chi connectivity index (χ1n) is 9.55. The van der Waals surface area contributed by atoms with E-state index < -0.39 is 66.5 Å². The minimum absolute atomic E-state index is 0.371. The second-order valence-electron chi connectivity index (χ2n) is 7.46. The predicted molar refractivity (Wildman–Crippen MR) is 104 cm³/mol. The summed E-state index contributed by atoms with van der Waals surface area (Å²) in [5.74, 6) is -4.36. The Morgan fingerprint density at radius 1 is 0.862 bits per heavy atom. The maximum atomic E-state index is 12.6. The number of hydrogen-bond acceptors (Lipinski definition) is 7. The van der Waals surface area contributed by atoms with Gasteiger partial charge in [-0.1, -0.05) is 34.1 Å². The molecule has 0 aromatic carbocycles. The molecule has 0 bridgehead atoms. The summed E-state index contributed by atoms with van der Waals surface area (Å²) in [7, 11) is 0. The number of carboxylic acids is 1. The minimum atomic E-state index is -1.43. The van der Waals surface area contributed by atoms with Gasteiger partial charge in [-0.3, -0.25) is 14.4 Å². The number of carbonyl (C=O) groups is 4. The van der Waals surface area contributed by atoms with E-state index in [0.717, 1.165) is 0 Å². The van der Waals surface area contributed by atoms with Crippen LogP contribution in [0.5, 0.6) is 0 Å². The van der Waals surface area contributed by atoms with Crippen LogP contribution in [0.15, 0.2) is 0 Å². The summed E-state index contributed by atoms with van der Waals surface area (Å²) in [4.78, 5) is 48.5. The number of rotatable bonds is 12. The van der Waals surface area contributed by atoms with Crippen LogP contribution in [0.4, 0.5) is 0 Å². The van der Waals surface area contributed by atoms with Crippen molar-refractivity contribution < 1.29 is 34.5 Å². The molecule has 0 saturated heterocycles. The van der Waals surface area contributed by atoms with Gasteiger partial charge in [-0.15, -0.1) is 0 Å². The standard InChI is InChI=1S/C18H34N4O7/c1-6-9(4)13(18(28)29)21-17(27)14(10(5)24)22-16(26)12(8(2)3)20-15(25)11(19)7-23/h8-14,23-24H,6-7,19H2,1-5H3,(H,20,25)(H,21,27)(H,22,26)(H,28,29). The summed E-state index contributed by atoms with van der Waals surface area (Å²) in [5, 5.41) is 35.3. The maximum absolute atomic E-state index is 12.6. The Balaban J connectivity index is 5.37. The van der Waals surface area contributed by atoms with Gasteiger partial charge >= 0.3 is 5.97 Å². The third kappa shape index (κ3) is 8.34. The molecule has 8 N–H and O–H groups in total. The highest BCUT2D eigenvalue weighted by Gasteiger charge is 2.34. The summed E-state index contributed by atoms with van der Waals surface area (Å²) >= 11 is 0. The lowest BCUT2D eigenvalue weighted by Crippen LogP contribution is -2.61. The highest BCUT2D eigenvalue weighted by molar-refractivity contribution is 5.94. The Morgan fingerprint density at radius 2 is 1.31 bits per heavy atom. The molecule has 0 aromatic rings. The van der Waals surface area contributed by atoms with E-state index in [0.29, 0.717) is 6.42 Å². The second kappa shape index (κ2) is 12.3. The molecule has 6 atom stereocenters. The van der Waals surface area contributed by atoms with E-state index in [1.54, 1.807) is 27.7 Å². The molecule has 0 aromatic heterocycles. The molecule has 11 heteroatoms. The van der Waals surface area contributed by atoms with Crippen molar-refractivity contribution in [2.45, 2.75) is 71.3 Å². The fourth-order valence-corrected chi connectivity index (χ4v) is 2.45. The van der Waals surface area contributed by atoms with Crippen LogP contribution < -0.4 is 21.7 Å². The molecule has 0 spiro atoms. The Labute approximate surface area is 170 Å². The molecule has 0 aliphatic heterocycles. The predicted octanol–water partition coefficient (Wildman–Crippen LogP) is -2.07. The SMILES string of the molecule is CCC(C)C(NC(=O)C(NC(=O)C(NC(=O)C(N)CO)C(C)C)C(C)O)C(=O)O. The highest BCUT2D eigenvalue weighted by atomic mass is 16.4. The van der Waals surface area contributed by atoms with Crippen LogP contribution in [0.25, 0.3) is 0 Å². The van der Waals surface area contributed by atoms with E-state index in [9.17, 15) is 29.4 Å². The Hall–Kier alpha value is -2.24. The largest absolute Gasteiger partial charge is 0.480 e. The Kier molecular flexibility index (Phi) is 11.4. The third-order valence-corrected chi connectivity index (χ3v) is 4.62. The zero-order valence-corrected chi connectivity index (χ0v) is 17.5. The lowest BCUT2D eigenvalue weighted by atomic mass is 9.98. The number of nitrogens with two attached hydrogens (primary N) is 1. The van der Waals surface area contributed by atoms with E-state index in [4.69, 9.17) is 10.8 Å². The van der Waals surface area contributed by atoms with Gasteiger partial charge in [0.05, 0.1) is 12.7 Å². The highest BCUT2D eigenvalue weighted by Crippen LogP contribution is 2.09. The summed E-state index contributed by atoms with van der Waals surface area (Å²) in [6, 6.07) is -4.92. The van der Waals surface area contributed by atoms with Gasteiger partial charge in [-0.2, -0.15) is 0 Å². The van der Waals surface area contributed by atoms with Crippen LogP contribution in [0.2, 0.25) is 0 Å². The summed E-state index contributed by atoms with van der Waals surface area (Å²) in [5.41, 5.74) is 5.43. The van der Waals surface area contributed by atoms with Crippen LogP contribution in [-0.4, -0.2) is 75.9 Å². The fraction of sp³-hybridized carbons (Fsp3) is 0.778. The number of carboxylic acid groups (broad SMARTS) is 1. The molecule has 0 aliphatic rings. The molecule has 0 aliphatic carbocycles. The number of hydrogen-bond donors (Lipinski definition) is 7. The van der Waals surface area contributed by atoms with E-state index in [1.165, 1.54) is 6.92 Å². The Bertz CT molecular complexity index is 583. The maximum Gasteiger partial charge on any atom is 0.326 e. The van der Waals surface area contributed by atoms with Crippen molar-refractivity contribution in [3.63, 3.8) is 0 Å². The van der Waals surface area contributed by atoms with Gasteiger partial charge in [0.1, 0.15) is 24.2 Å². The van der Waals surface area contributed by atoms with E-state index in [1.807, 2.05) is 0 Å². The van der Waals surface area contributed by atoms with Crippen molar-refractivity contribution in [2.75, 3.05) is 6.61 Å². The first-order valence-corrected chi connectivity index (χ1v) is 9.55. The monoisotopic (exact) mass is 418 g/mol. The van der Waals surface area contributed by atoms with Gasteiger partial charge in [0, 0.05) is 0 Å². The molecule has 11 nitrogen and oxygen atoms in total. The average molecular weight is 418 g/mol. The molecular weight excluding hydrogens is 384 g/mol. The number of amides is 3. The van der Waals surface area contributed by atoms with Crippen molar-refractivity contribution in [3.8, 4) is 0 Å². The van der Waals surface area contributed by atoms with Crippen LogP contribution in [0, 0.1) is 11.8 Å². The van der Waals surface area contributed by atoms with Gasteiger partial charge in [0.15, 0.2) is 0 Å². The van der Waals surface area contributed by atoms with Crippen molar-refractivity contribution in [3.05, 3.63) is 0 Å². The molecule has 0 radical (unpaired) electrons. The van der Waals surface area contributed by atoms with Gasteiger partial charge in [-0.25, -0.2) is 4.79 Å². The van der Waals surface area contributed by atoms with Crippen molar-refractivity contribution >= 4 is 23.7 Å². The summed E-state index contributed by atoms with van der Waals surface area (Å²) in [6.07, 6.45) is -0.830. The lowest BCUT2D eigenvalue weighted by Gasteiger charge is -2.28. The summed E-state index contributed by atoms with van der Waals surface area (Å²) in [6.45, 7) is 7.39. The molecule has 0 heterocycles. The number of nitrogens with one attached hydrogen (secondary N) is 3. The van der Waals surface area contributed by atoms with Crippen molar-refractivity contribution in [1.29, 1.82) is 0 Å². The van der Waals surface area contributed by atoms with Gasteiger partial charge < -0.3 is 37.0 Å². The summed E-state index contributed by atoms with van der Waals surface area (Å²) < 4.78 is 0. The molecule has 0 rings (SSSR count). The topological polar surface area (TPSA) is 191 Å². The first-order chi connectivity index (χ1) is 13.4. The molecule has 6 unspecified atom stereocenters. The van der Waals surface area contributed by atoms with Crippen LogP contribution in [-0.2, 0) is 19.2 Å². The van der Waals surface area contributed by atoms with Gasteiger partial charge in [0.25, 0.3) is 0 Å².